The molecule has 5 nitrogen and oxygen atoms in total. The summed E-state index contributed by atoms with van der Waals surface area (Å²) >= 11 is 0. The molecule has 1 N–H and O–H groups in total. The van der Waals surface area contributed by atoms with Gasteiger partial charge in [-0.25, -0.2) is 5.43 Å². The molecule has 126 valence electrons. The number of carbonyl (C=O) groups is 1. The van der Waals surface area contributed by atoms with Gasteiger partial charge in [-0.1, -0.05) is 12.1 Å². The molecule has 0 radical (unpaired) electrons. The van der Waals surface area contributed by atoms with Crippen LogP contribution in [0.4, 0.5) is 0 Å². The Hall–Kier alpha value is -2.82. The fourth-order valence-corrected chi connectivity index (χ4v) is 2.07. The number of benzene rings is 2. The maximum Gasteiger partial charge on any atom is 0.271 e. The number of amides is 1. The van der Waals surface area contributed by atoms with Crippen LogP contribution < -0.4 is 14.9 Å². The van der Waals surface area contributed by atoms with Gasteiger partial charge in [0.25, 0.3) is 5.91 Å². The smallest absolute Gasteiger partial charge is 0.271 e. The summed E-state index contributed by atoms with van der Waals surface area (Å²) in [4.78, 5) is 12.2. The topological polar surface area (TPSA) is 59.9 Å². The van der Waals surface area contributed by atoms with Gasteiger partial charge in [0.15, 0.2) is 0 Å². The van der Waals surface area contributed by atoms with Crippen molar-refractivity contribution < 1.29 is 14.3 Å². The minimum atomic E-state index is -0.270. The van der Waals surface area contributed by atoms with E-state index in [4.69, 9.17) is 9.47 Å². The summed E-state index contributed by atoms with van der Waals surface area (Å²) in [5.74, 6) is 1.21. The van der Waals surface area contributed by atoms with E-state index >= 15 is 0 Å². The van der Waals surface area contributed by atoms with Crippen LogP contribution in [0.1, 0.15) is 36.7 Å². The highest BCUT2D eigenvalue weighted by molar-refractivity contribution is 6.01. The van der Waals surface area contributed by atoms with E-state index in [9.17, 15) is 4.79 Å². The number of hydrogen-bond acceptors (Lipinski definition) is 4. The van der Waals surface area contributed by atoms with Gasteiger partial charge in [0.05, 0.1) is 18.9 Å². The first-order valence-corrected chi connectivity index (χ1v) is 7.75. The van der Waals surface area contributed by atoms with Crippen LogP contribution in [0.2, 0.25) is 0 Å². The van der Waals surface area contributed by atoms with Crippen LogP contribution in [0.15, 0.2) is 53.6 Å². The molecule has 1 amide bonds. The Morgan fingerprint density at radius 3 is 2.38 bits per heavy atom. The normalized spacial score (nSPS) is 11.3. The van der Waals surface area contributed by atoms with Crippen LogP contribution in [0.25, 0.3) is 0 Å². The zero-order chi connectivity index (χ0) is 17.5. The van der Waals surface area contributed by atoms with E-state index in [1.165, 1.54) is 0 Å². The minimum Gasteiger partial charge on any atom is -0.497 e. The van der Waals surface area contributed by atoms with E-state index < -0.39 is 0 Å². The number of rotatable bonds is 6. The van der Waals surface area contributed by atoms with Crippen molar-refractivity contribution in [2.45, 2.75) is 26.9 Å². The number of hydrazone groups is 1. The lowest BCUT2D eigenvalue weighted by Gasteiger charge is -2.09. The summed E-state index contributed by atoms with van der Waals surface area (Å²) < 4.78 is 10.7. The molecule has 0 aromatic heterocycles. The predicted octanol–water partition coefficient (Wildman–Crippen LogP) is 3.64. The average Bonchev–Trinajstić information content (AvgIpc) is 2.59. The Labute approximate surface area is 142 Å². The van der Waals surface area contributed by atoms with Crippen molar-refractivity contribution in [3.63, 3.8) is 0 Å². The molecule has 0 fully saturated rings. The van der Waals surface area contributed by atoms with Gasteiger partial charge in [-0.05, 0) is 57.2 Å². The summed E-state index contributed by atoms with van der Waals surface area (Å²) in [5, 5.41) is 4.15. The molecule has 24 heavy (non-hydrogen) atoms. The number of methoxy groups -OCH3 is 1. The van der Waals surface area contributed by atoms with Gasteiger partial charge in [0.2, 0.25) is 0 Å². The molecule has 0 aliphatic rings. The van der Waals surface area contributed by atoms with Crippen LogP contribution in [-0.4, -0.2) is 24.8 Å². The summed E-state index contributed by atoms with van der Waals surface area (Å²) in [5.41, 5.74) is 4.66. The van der Waals surface area contributed by atoms with Gasteiger partial charge >= 0.3 is 0 Å². The lowest BCUT2D eigenvalue weighted by Crippen LogP contribution is -2.19. The Balaban J connectivity index is 2.03. The highest BCUT2D eigenvalue weighted by atomic mass is 16.5. The number of ether oxygens (including phenoxy) is 2. The van der Waals surface area contributed by atoms with E-state index in [-0.39, 0.29) is 12.0 Å². The maximum atomic E-state index is 12.2. The molecular formula is C19H22N2O3. The largest absolute Gasteiger partial charge is 0.497 e. The van der Waals surface area contributed by atoms with Crippen molar-refractivity contribution in [3.05, 3.63) is 59.7 Å². The van der Waals surface area contributed by atoms with Gasteiger partial charge in [-0.2, -0.15) is 5.10 Å². The predicted molar refractivity (Wildman–Crippen MR) is 94.9 cm³/mol. The highest BCUT2D eigenvalue weighted by Gasteiger charge is 2.06. The Morgan fingerprint density at radius 1 is 1.04 bits per heavy atom. The summed E-state index contributed by atoms with van der Waals surface area (Å²) in [6, 6.07) is 14.5. The zero-order valence-corrected chi connectivity index (χ0v) is 14.4. The third kappa shape index (κ3) is 4.84. The fraction of sp³-hybridized carbons (Fsp3) is 0.263. The van der Waals surface area contributed by atoms with E-state index in [1.807, 2.05) is 45.0 Å². The Bertz CT molecular complexity index is 722. The Morgan fingerprint density at radius 2 is 1.75 bits per heavy atom. The van der Waals surface area contributed by atoms with Crippen molar-refractivity contribution >= 4 is 11.6 Å². The SMILES string of the molecule is COc1cccc(/C(C)=N\NC(=O)c2ccc(OC(C)C)cc2)c1. The first kappa shape index (κ1) is 17.5. The number of nitrogens with one attached hydrogen (secondary N) is 1. The third-order valence-electron chi connectivity index (χ3n) is 3.30. The molecule has 0 saturated carbocycles. The number of hydrogen-bond donors (Lipinski definition) is 1. The molecule has 0 saturated heterocycles. The van der Waals surface area contributed by atoms with Crippen molar-refractivity contribution in [3.8, 4) is 11.5 Å². The lowest BCUT2D eigenvalue weighted by molar-refractivity contribution is 0.0955. The van der Waals surface area contributed by atoms with Crippen molar-refractivity contribution in [2.75, 3.05) is 7.11 Å². The molecule has 0 atom stereocenters. The maximum absolute atomic E-state index is 12.2. The number of carbonyl (C=O) groups excluding carboxylic acids is 1. The molecule has 0 spiro atoms. The van der Waals surface area contributed by atoms with E-state index in [0.29, 0.717) is 11.3 Å². The molecule has 0 aliphatic carbocycles. The second kappa shape index (κ2) is 8.15. The molecule has 2 aromatic rings. The second-order valence-electron chi connectivity index (χ2n) is 5.56. The summed E-state index contributed by atoms with van der Waals surface area (Å²) in [6.07, 6.45) is 0.0970. The van der Waals surface area contributed by atoms with Crippen LogP contribution in [0.3, 0.4) is 0 Å². The van der Waals surface area contributed by atoms with Gasteiger partial charge in [-0.3, -0.25) is 4.79 Å². The fourth-order valence-electron chi connectivity index (χ4n) is 2.07. The van der Waals surface area contributed by atoms with Gasteiger partial charge in [0.1, 0.15) is 11.5 Å². The second-order valence-corrected chi connectivity index (χ2v) is 5.56. The lowest BCUT2D eigenvalue weighted by atomic mass is 10.1. The molecule has 0 heterocycles. The minimum absolute atomic E-state index is 0.0970. The van der Waals surface area contributed by atoms with Gasteiger partial charge < -0.3 is 9.47 Å². The molecule has 5 heteroatoms. The van der Waals surface area contributed by atoms with Crippen LogP contribution in [0.5, 0.6) is 11.5 Å². The number of nitrogens with zero attached hydrogens (tertiary/aromatic N) is 1. The average molecular weight is 326 g/mol. The molecule has 2 rings (SSSR count). The highest BCUT2D eigenvalue weighted by Crippen LogP contribution is 2.15. The summed E-state index contributed by atoms with van der Waals surface area (Å²) in [7, 11) is 1.61. The quantitative estimate of drug-likeness (QED) is 0.651. The summed E-state index contributed by atoms with van der Waals surface area (Å²) in [6.45, 7) is 5.74. The molecule has 2 aromatic carbocycles. The van der Waals surface area contributed by atoms with Gasteiger partial charge in [-0.15, -0.1) is 0 Å². The van der Waals surface area contributed by atoms with E-state index in [0.717, 1.165) is 17.1 Å². The van der Waals surface area contributed by atoms with Crippen LogP contribution in [0, 0.1) is 0 Å². The van der Waals surface area contributed by atoms with E-state index in [1.54, 1.807) is 31.4 Å². The van der Waals surface area contributed by atoms with Crippen molar-refractivity contribution in [1.29, 1.82) is 0 Å². The zero-order valence-electron chi connectivity index (χ0n) is 14.4. The van der Waals surface area contributed by atoms with Crippen LogP contribution >= 0.6 is 0 Å². The first-order chi connectivity index (χ1) is 11.5. The Kier molecular flexibility index (Phi) is 5.95. The van der Waals surface area contributed by atoms with Crippen molar-refractivity contribution in [1.82, 2.24) is 5.43 Å². The van der Waals surface area contributed by atoms with Crippen LogP contribution in [-0.2, 0) is 0 Å². The van der Waals surface area contributed by atoms with Crippen molar-refractivity contribution in [2.24, 2.45) is 5.10 Å². The molecular weight excluding hydrogens is 304 g/mol. The third-order valence-corrected chi connectivity index (χ3v) is 3.30. The molecule has 0 aliphatic heterocycles. The standard InChI is InChI=1S/C19H22N2O3/c1-13(2)24-17-10-8-15(9-11-17)19(22)21-20-14(3)16-6-5-7-18(12-16)23-4/h5-13H,1-4H3,(H,21,22)/b20-14-. The first-order valence-electron chi connectivity index (χ1n) is 7.75. The van der Waals surface area contributed by atoms with Gasteiger partial charge in [0, 0.05) is 11.1 Å². The monoisotopic (exact) mass is 326 g/mol. The molecule has 0 bridgehead atoms. The molecule has 0 unspecified atom stereocenters. The van der Waals surface area contributed by atoms with E-state index in [2.05, 4.69) is 10.5 Å².